The van der Waals surface area contributed by atoms with E-state index in [9.17, 15) is 18.4 Å². The van der Waals surface area contributed by atoms with Gasteiger partial charge in [0.05, 0.1) is 6.04 Å². The molecule has 0 saturated carbocycles. The summed E-state index contributed by atoms with van der Waals surface area (Å²) < 4.78 is 30.6. The zero-order valence-electron chi connectivity index (χ0n) is 15.8. The second-order valence-electron chi connectivity index (χ2n) is 6.33. The second-order valence-corrected chi connectivity index (χ2v) is 6.33. The van der Waals surface area contributed by atoms with Crippen LogP contribution in [0.4, 0.5) is 14.6 Å². The molecule has 2 N–H and O–H groups in total. The van der Waals surface area contributed by atoms with E-state index < -0.39 is 12.5 Å². The van der Waals surface area contributed by atoms with E-state index in [-0.39, 0.29) is 29.6 Å². The summed E-state index contributed by atoms with van der Waals surface area (Å²) in [4.78, 5) is 31.6. The molecule has 0 bridgehead atoms. The van der Waals surface area contributed by atoms with Gasteiger partial charge in [-0.15, -0.1) is 0 Å². The fourth-order valence-corrected chi connectivity index (χ4v) is 2.37. The van der Waals surface area contributed by atoms with Crippen molar-refractivity contribution in [2.45, 2.75) is 39.2 Å². The van der Waals surface area contributed by atoms with Gasteiger partial charge < -0.3 is 15.4 Å². The van der Waals surface area contributed by atoms with E-state index in [1.54, 1.807) is 6.07 Å². The standard InChI is InChI=1S/C19H22F2N4O3/c1-4-15(14-5-6-17(23-10-14)28-11-19(3,20)21)25-18(27)13-7-8-22-16(9-13)24-12(2)26/h5-10,15H,4,11H2,1-3H3,(H,25,27)(H,22,24,26). The van der Waals surface area contributed by atoms with Gasteiger partial charge in [-0.2, -0.15) is 0 Å². The maximum atomic E-state index is 12.8. The molecule has 7 nitrogen and oxygen atoms in total. The Hall–Kier alpha value is -3.10. The van der Waals surface area contributed by atoms with Gasteiger partial charge in [-0.3, -0.25) is 9.59 Å². The summed E-state index contributed by atoms with van der Waals surface area (Å²) in [7, 11) is 0. The smallest absolute Gasteiger partial charge is 0.278 e. The number of amides is 2. The first-order valence-electron chi connectivity index (χ1n) is 8.69. The molecule has 150 valence electrons. The maximum absolute atomic E-state index is 12.8. The summed E-state index contributed by atoms with van der Waals surface area (Å²) >= 11 is 0. The van der Waals surface area contributed by atoms with Crippen LogP contribution in [0.3, 0.4) is 0 Å². The number of alkyl halides is 2. The van der Waals surface area contributed by atoms with E-state index in [2.05, 4.69) is 20.6 Å². The third kappa shape index (κ3) is 6.57. The van der Waals surface area contributed by atoms with E-state index in [1.807, 2.05) is 6.92 Å². The highest BCUT2D eigenvalue weighted by atomic mass is 19.3. The molecule has 2 rings (SSSR count). The first-order chi connectivity index (χ1) is 13.2. The van der Waals surface area contributed by atoms with Gasteiger partial charge in [0.15, 0.2) is 6.61 Å². The first-order valence-corrected chi connectivity index (χ1v) is 8.69. The topological polar surface area (TPSA) is 93.2 Å². The maximum Gasteiger partial charge on any atom is 0.278 e. The summed E-state index contributed by atoms with van der Waals surface area (Å²) in [6.45, 7) is 3.25. The molecule has 2 aromatic heterocycles. The van der Waals surface area contributed by atoms with Crippen molar-refractivity contribution in [3.8, 4) is 5.88 Å². The summed E-state index contributed by atoms with van der Waals surface area (Å²) in [5.41, 5.74) is 1.05. The molecule has 0 radical (unpaired) electrons. The first kappa shape index (κ1) is 21.2. The molecule has 0 aliphatic carbocycles. The normalized spacial score (nSPS) is 12.2. The van der Waals surface area contributed by atoms with Crippen molar-refractivity contribution in [2.75, 3.05) is 11.9 Å². The lowest BCUT2D eigenvalue weighted by Crippen LogP contribution is -2.28. The highest BCUT2D eigenvalue weighted by Gasteiger charge is 2.22. The van der Waals surface area contributed by atoms with Crippen molar-refractivity contribution < 1.29 is 23.1 Å². The van der Waals surface area contributed by atoms with Crippen molar-refractivity contribution in [2.24, 2.45) is 0 Å². The van der Waals surface area contributed by atoms with Crippen molar-refractivity contribution in [1.82, 2.24) is 15.3 Å². The lowest BCUT2D eigenvalue weighted by atomic mass is 10.1. The number of anilines is 1. The number of ether oxygens (including phenoxy) is 1. The van der Waals surface area contributed by atoms with Crippen molar-refractivity contribution in [3.05, 3.63) is 47.8 Å². The number of carbonyl (C=O) groups excluding carboxylic acids is 2. The number of pyridine rings is 2. The summed E-state index contributed by atoms with van der Waals surface area (Å²) in [5, 5.41) is 5.40. The van der Waals surface area contributed by atoms with E-state index >= 15 is 0 Å². The van der Waals surface area contributed by atoms with Crippen LogP contribution in [0.1, 0.15) is 49.2 Å². The Morgan fingerprint density at radius 1 is 1.25 bits per heavy atom. The molecule has 0 aliphatic rings. The quantitative estimate of drug-likeness (QED) is 0.719. The molecule has 0 fully saturated rings. The largest absolute Gasteiger partial charge is 0.471 e. The number of aromatic nitrogens is 2. The van der Waals surface area contributed by atoms with E-state index in [4.69, 9.17) is 4.74 Å². The lowest BCUT2D eigenvalue weighted by molar-refractivity contribution is -0.114. The second kappa shape index (κ2) is 9.20. The molecule has 0 aromatic carbocycles. The third-order valence-corrected chi connectivity index (χ3v) is 3.67. The lowest BCUT2D eigenvalue weighted by Gasteiger charge is -2.18. The van der Waals surface area contributed by atoms with Crippen LogP contribution in [0.15, 0.2) is 36.7 Å². The number of nitrogens with zero attached hydrogens (tertiary/aromatic N) is 2. The molecule has 0 aliphatic heterocycles. The monoisotopic (exact) mass is 392 g/mol. The summed E-state index contributed by atoms with van der Waals surface area (Å²) in [6.07, 6.45) is 3.50. The van der Waals surface area contributed by atoms with Gasteiger partial charge in [-0.1, -0.05) is 13.0 Å². The van der Waals surface area contributed by atoms with Gasteiger partial charge in [0.1, 0.15) is 5.82 Å². The molecular weight excluding hydrogens is 370 g/mol. The third-order valence-electron chi connectivity index (χ3n) is 3.67. The molecular formula is C19H22F2N4O3. The van der Waals surface area contributed by atoms with Crippen LogP contribution in [0, 0.1) is 0 Å². The SMILES string of the molecule is CCC(NC(=O)c1ccnc(NC(C)=O)c1)c1ccc(OCC(C)(F)F)nc1. The van der Waals surface area contributed by atoms with E-state index in [1.165, 1.54) is 37.5 Å². The van der Waals surface area contributed by atoms with Gasteiger partial charge in [0.2, 0.25) is 11.8 Å². The average molecular weight is 392 g/mol. The van der Waals surface area contributed by atoms with Crippen LogP contribution >= 0.6 is 0 Å². The molecule has 1 unspecified atom stereocenters. The minimum Gasteiger partial charge on any atom is -0.471 e. The molecule has 28 heavy (non-hydrogen) atoms. The Balaban J connectivity index is 2.05. The minimum absolute atomic E-state index is 0.0838. The Kier molecular flexibility index (Phi) is 6.97. The van der Waals surface area contributed by atoms with Gasteiger partial charge >= 0.3 is 0 Å². The van der Waals surface area contributed by atoms with Crippen LogP contribution < -0.4 is 15.4 Å². The fraction of sp³-hybridized carbons (Fsp3) is 0.368. The number of hydrogen-bond acceptors (Lipinski definition) is 5. The zero-order chi connectivity index (χ0) is 20.7. The van der Waals surface area contributed by atoms with Gasteiger partial charge in [0.25, 0.3) is 11.8 Å². The molecule has 0 spiro atoms. The van der Waals surface area contributed by atoms with Crippen LogP contribution in [0.5, 0.6) is 5.88 Å². The Bertz CT molecular complexity index is 823. The van der Waals surface area contributed by atoms with Crippen molar-refractivity contribution >= 4 is 17.6 Å². The molecule has 0 saturated heterocycles. The molecule has 2 aromatic rings. The van der Waals surface area contributed by atoms with Crippen molar-refractivity contribution in [3.63, 3.8) is 0 Å². The predicted octanol–water partition coefficient (Wildman–Crippen LogP) is 3.35. The Morgan fingerprint density at radius 2 is 2.00 bits per heavy atom. The number of carbonyl (C=O) groups is 2. The molecule has 9 heteroatoms. The van der Waals surface area contributed by atoms with Crippen molar-refractivity contribution in [1.29, 1.82) is 0 Å². The Morgan fingerprint density at radius 3 is 2.57 bits per heavy atom. The fourth-order valence-electron chi connectivity index (χ4n) is 2.37. The summed E-state index contributed by atoms with van der Waals surface area (Å²) in [6, 6.07) is 5.83. The van der Waals surface area contributed by atoms with Crippen LogP contribution in [-0.4, -0.2) is 34.3 Å². The van der Waals surface area contributed by atoms with Gasteiger partial charge in [0, 0.05) is 37.9 Å². The van der Waals surface area contributed by atoms with E-state index in [0.717, 1.165) is 6.92 Å². The predicted molar refractivity (Wildman–Crippen MR) is 99.4 cm³/mol. The molecule has 2 amide bonds. The molecule has 1 atom stereocenters. The van der Waals surface area contributed by atoms with Crippen LogP contribution in [0.25, 0.3) is 0 Å². The highest BCUT2D eigenvalue weighted by molar-refractivity contribution is 5.96. The van der Waals surface area contributed by atoms with Crippen LogP contribution in [0.2, 0.25) is 0 Å². The van der Waals surface area contributed by atoms with Crippen LogP contribution in [-0.2, 0) is 4.79 Å². The zero-order valence-corrected chi connectivity index (χ0v) is 15.8. The Labute approximate surface area is 161 Å². The van der Waals surface area contributed by atoms with Gasteiger partial charge in [-0.25, -0.2) is 18.7 Å². The molecule has 2 heterocycles. The summed E-state index contributed by atoms with van der Waals surface area (Å²) in [5.74, 6) is -3.21. The highest BCUT2D eigenvalue weighted by Crippen LogP contribution is 2.20. The number of halogens is 2. The number of hydrogen-bond donors (Lipinski definition) is 2. The number of nitrogens with one attached hydrogen (secondary N) is 2. The average Bonchev–Trinajstić information content (AvgIpc) is 2.64. The number of rotatable bonds is 8. The van der Waals surface area contributed by atoms with E-state index in [0.29, 0.717) is 17.5 Å². The minimum atomic E-state index is -2.94. The van der Waals surface area contributed by atoms with Gasteiger partial charge in [-0.05, 0) is 24.1 Å².